The summed E-state index contributed by atoms with van der Waals surface area (Å²) in [6.07, 6.45) is -7.93. The van der Waals surface area contributed by atoms with Crippen LogP contribution in [-0.4, -0.2) is 23.9 Å². The van der Waals surface area contributed by atoms with Crippen LogP contribution in [-0.2, 0) is 21.3 Å². The Balaban J connectivity index is 3.28. The number of esters is 1. The number of halogens is 6. The Morgan fingerprint density at radius 2 is 2.05 bits per heavy atom. The van der Waals surface area contributed by atoms with Gasteiger partial charge in [-0.25, -0.2) is 13.8 Å². The fourth-order valence-electron chi connectivity index (χ4n) is 1.70. The lowest BCUT2D eigenvalue weighted by Gasteiger charge is -2.17. The molecule has 0 aliphatic heterocycles. The summed E-state index contributed by atoms with van der Waals surface area (Å²) in [5.41, 5.74) is -1.40. The molecule has 0 amide bonds. The van der Waals surface area contributed by atoms with Gasteiger partial charge in [0.25, 0.3) is 6.43 Å². The average Bonchev–Trinajstić information content (AvgIpc) is 2.38. The number of carbonyl (C=O) groups excluding carboxylic acids is 1. The summed E-state index contributed by atoms with van der Waals surface area (Å²) in [6.45, 7) is 1.59. The molecule has 10 heteroatoms. The minimum Gasteiger partial charge on any atom is -0.466 e. The fourth-order valence-corrected chi connectivity index (χ4v) is 2.24. The normalized spacial score (nSPS) is 11.6. The van der Waals surface area contributed by atoms with Crippen molar-refractivity contribution in [2.75, 3.05) is 6.61 Å². The lowest BCUT2D eigenvalue weighted by atomic mass is 10.0. The van der Waals surface area contributed by atoms with Crippen LogP contribution in [0.4, 0.5) is 22.0 Å². The molecule has 4 nitrogen and oxygen atoms in total. The van der Waals surface area contributed by atoms with E-state index in [9.17, 15) is 26.7 Å². The van der Waals surface area contributed by atoms with Crippen LogP contribution < -0.4 is 4.74 Å². The summed E-state index contributed by atoms with van der Waals surface area (Å²) < 4.78 is 71.4. The zero-order valence-corrected chi connectivity index (χ0v) is 12.8. The van der Waals surface area contributed by atoms with Crippen molar-refractivity contribution in [3.05, 3.63) is 22.9 Å². The molecule has 0 radical (unpaired) electrons. The number of carbonyl (C=O) groups is 1. The number of pyridine rings is 1. The Morgan fingerprint density at radius 3 is 2.50 bits per heavy atom. The van der Waals surface area contributed by atoms with E-state index < -0.39 is 42.2 Å². The van der Waals surface area contributed by atoms with Crippen LogP contribution in [0.1, 0.15) is 30.0 Å². The molecule has 0 atom stereocenters. The first-order valence-electron chi connectivity index (χ1n) is 5.95. The molecule has 0 aliphatic rings. The maximum Gasteiger partial charge on any atom is 0.574 e. The molecular weight excluding hydrogens is 381 g/mol. The predicted octanol–water partition coefficient (Wildman–Crippen LogP) is 3.92. The van der Waals surface area contributed by atoms with Crippen LogP contribution in [0.3, 0.4) is 0 Å². The number of hydrogen-bond acceptors (Lipinski definition) is 4. The number of nitrogens with zero attached hydrogens (tertiary/aromatic N) is 1. The van der Waals surface area contributed by atoms with Crippen molar-refractivity contribution >= 4 is 21.9 Å². The lowest BCUT2D eigenvalue weighted by Crippen LogP contribution is -2.20. The second-order valence-corrected chi connectivity index (χ2v) is 4.51. The third-order valence-corrected chi connectivity index (χ3v) is 3.03. The van der Waals surface area contributed by atoms with Gasteiger partial charge in [-0.1, -0.05) is 15.9 Å². The van der Waals surface area contributed by atoms with Gasteiger partial charge in [0.1, 0.15) is 0 Å². The molecule has 0 saturated heterocycles. The molecular formula is C12H11BrF5NO3. The predicted molar refractivity (Wildman–Crippen MR) is 68.8 cm³/mol. The van der Waals surface area contributed by atoms with Gasteiger partial charge < -0.3 is 9.47 Å². The molecule has 0 unspecified atom stereocenters. The lowest BCUT2D eigenvalue weighted by molar-refractivity contribution is -0.276. The molecule has 0 aromatic carbocycles. The van der Waals surface area contributed by atoms with Crippen molar-refractivity contribution in [2.45, 2.75) is 31.5 Å². The average molecular weight is 392 g/mol. The number of hydrogen-bond donors (Lipinski definition) is 0. The second kappa shape index (κ2) is 7.70. The SMILES string of the molecule is CCOC(=O)Cc1cnc(OC(F)(F)F)c(CBr)c1C(F)F. The minimum atomic E-state index is -5.06. The van der Waals surface area contributed by atoms with Crippen LogP contribution in [0.25, 0.3) is 0 Å². The number of aromatic nitrogens is 1. The highest BCUT2D eigenvalue weighted by molar-refractivity contribution is 9.08. The van der Waals surface area contributed by atoms with E-state index in [-0.39, 0.29) is 17.5 Å². The maximum absolute atomic E-state index is 13.2. The van der Waals surface area contributed by atoms with Gasteiger partial charge in [0, 0.05) is 22.7 Å². The Labute approximate surface area is 130 Å². The molecule has 0 fully saturated rings. The van der Waals surface area contributed by atoms with Crippen LogP contribution in [0.15, 0.2) is 6.20 Å². The van der Waals surface area contributed by atoms with Crippen LogP contribution >= 0.6 is 15.9 Å². The van der Waals surface area contributed by atoms with Crippen molar-refractivity contribution in [1.82, 2.24) is 4.98 Å². The summed E-state index contributed by atoms with van der Waals surface area (Å²) in [5, 5.41) is -0.345. The molecule has 22 heavy (non-hydrogen) atoms. The fraction of sp³-hybridized carbons (Fsp3) is 0.500. The highest BCUT2D eigenvalue weighted by Crippen LogP contribution is 2.35. The molecule has 0 bridgehead atoms. The van der Waals surface area contributed by atoms with Gasteiger partial charge in [-0.3, -0.25) is 4.79 Å². The highest BCUT2D eigenvalue weighted by atomic mass is 79.9. The molecule has 0 N–H and O–H groups in total. The second-order valence-electron chi connectivity index (χ2n) is 3.94. The van der Waals surface area contributed by atoms with Crippen LogP contribution in [0, 0.1) is 0 Å². The van der Waals surface area contributed by atoms with Crippen molar-refractivity contribution in [3.8, 4) is 5.88 Å². The standard InChI is InChI=1S/C12H11BrF5NO3/c1-2-21-8(20)3-6-5-19-11(22-12(16,17)18)7(4-13)9(6)10(14)15/h5,10H,2-4H2,1H3. The van der Waals surface area contributed by atoms with Gasteiger partial charge in [0.05, 0.1) is 13.0 Å². The summed E-state index contributed by atoms with van der Waals surface area (Å²) in [7, 11) is 0. The molecule has 1 rings (SSSR count). The van der Waals surface area contributed by atoms with E-state index in [0.717, 1.165) is 6.20 Å². The summed E-state index contributed by atoms with van der Waals surface area (Å²) >= 11 is 2.83. The zero-order chi connectivity index (χ0) is 16.9. The van der Waals surface area contributed by atoms with E-state index in [1.165, 1.54) is 6.92 Å². The number of ether oxygens (including phenoxy) is 2. The first kappa shape index (κ1) is 18.6. The molecule has 1 aromatic rings. The van der Waals surface area contributed by atoms with E-state index in [1.807, 2.05) is 0 Å². The summed E-state index contributed by atoms with van der Waals surface area (Å²) in [5.74, 6) is -1.76. The monoisotopic (exact) mass is 391 g/mol. The number of alkyl halides is 6. The van der Waals surface area contributed by atoms with E-state index in [4.69, 9.17) is 0 Å². The number of rotatable bonds is 6. The Kier molecular flexibility index (Phi) is 6.51. The first-order chi connectivity index (χ1) is 10.2. The van der Waals surface area contributed by atoms with E-state index in [0.29, 0.717) is 0 Å². The Morgan fingerprint density at radius 1 is 1.41 bits per heavy atom. The van der Waals surface area contributed by atoms with Crippen LogP contribution in [0.5, 0.6) is 5.88 Å². The Hall–Kier alpha value is -1.45. The van der Waals surface area contributed by atoms with E-state index in [1.54, 1.807) is 0 Å². The van der Waals surface area contributed by atoms with Crippen molar-refractivity contribution in [2.24, 2.45) is 0 Å². The molecule has 1 aromatic heterocycles. The van der Waals surface area contributed by atoms with Crippen LogP contribution in [0.2, 0.25) is 0 Å². The van der Waals surface area contributed by atoms with Crippen molar-refractivity contribution < 1.29 is 36.2 Å². The molecule has 1 heterocycles. The third kappa shape index (κ3) is 5.08. The summed E-state index contributed by atoms with van der Waals surface area (Å²) in [4.78, 5) is 14.8. The van der Waals surface area contributed by atoms with Gasteiger partial charge in [-0.15, -0.1) is 13.2 Å². The molecule has 0 aliphatic carbocycles. The highest BCUT2D eigenvalue weighted by Gasteiger charge is 2.34. The van der Waals surface area contributed by atoms with E-state index >= 15 is 0 Å². The molecule has 0 saturated carbocycles. The van der Waals surface area contributed by atoms with Crippen molar-refractivity contribution in [1.29, 1.82) is 0 Å². The minimum absolute atomic E-state index is 0.0524. The van der Waals surface area contributed by atoms with Gasteiger partial charge in [0.15, 0.2) is 0 Å². The molecule has 0 spiro atoms. The van der Waals surface area contributed by atoms with Gasteiger partial charge >= 0.3 is 12.3 Å². The largest absolute Gasteiger partial charge is 0.574 e. The molecule has 124 valence electrons. The topological polar surface area (TPSA) is 48.4 Å². The Bertz CT molecular complexity index is 536. The zero-order valence-electron chi connectivity index (χ0n) is 11.2. The van der Waals surface area contributed by atoms with Gasteiger partial charge in [-0.2, -0.15) is 0 Å². The van der Waals surface area contributed by atoms with E-state index in [2.05, 4.69) is 30.4 Å². The van der Waals surface area contributed by atoms with Gasteiger partial charge in [-0.05, 0) is 12.5 Å². The van der Waals surface area contributed by atoms with Crippen molar-refractivity contribution in [3.63, 3.8) is 0 Å². The third-order valence-electron chi connectivity index (χ3n) is 2.47. The quantitative estimate of drug-likeness (QED) is 0.419. The first-order valence-corrected chi connectivity index (χ1v) is 7.07. The maximum atomic E-state index is 13.2. The summed E-state index contributed by atoms with van der Waals surface area (Å²) in [6, 6.07) is 0. The smallest absolute Gasteiger partial charge is 0.466 e. The van der Waals surface area contributed by atoms with Gasteiger partial charge in [0.2, 0.25) is 5.88 Å².